The van der Waals surface area contributed by atoms with E-state index in [-0.39, 0.29) is 0 Å². The van der Waals surface area contributed by atoms with Crippen LogP contribution in [0.25, 0.3) is 0 Å². The highest BCUT2D eigenvalue weighted by Gasteiger charge is 2.02. The molecule has 0 spiro atoms. The summed E-state index contributed by atoms with van der Waals surface area (Å²) in [6.45, 7) is 2.61. The molecule has 2 rings (SSSR count). The summed E-state index contributed by atoms with van der Waals surface area (Å²) in [7, 11) is 1.89. The van der Waals surface area contributed by atoms with Gasteiger partial charge in [-0.05, 0) is 24.6 Å². The summed E-state index contributed by atoms with van der Waals surface area (Å²) in [5, 5.41) is 16.3. The van der Waals surface area contributed by atoms with Crippen molar-refractivity contribution in [1.82, 2.24) is 14.8 Å². The fourth-order valence-electron chi connectivity index (χ4n) is 1.62. The van der Waals surface area contributed by atoms with Crippen LogP contribution < -0.4 is 5.32 Å². The van der Waals surface area contributed by atoms with E-state index in [4.69, 9.17) is 5.26 Å². The molecule has 0 bridgehead atoms. The number of hydrogen-bond donors (Lipinski definition) is 1. The maximum absolute atomic E-state index is 8.75. The van der Waals surface area contributed by atoms with Crippen molar-refractivity contribution in [2.75, 3.05) is 5.32 Å². The molecule has 0 saturated carbocycles. The van der Waals surface area contributed by atoms with E-state index in [1.807, 2.05) is 32.3 Å². The fourth-order valence-corrected chi connectivity index (χ4v) is 1.62. The summed E-state index contributed by atoms with van der Waals surface area (Å²) in [5.74, 6) is 0. The Morgan fingerprint density at radius 2 is 2.35 bits per heavy atom. The molecule has 0 atom stereocenters. The van der Waals surface area contributed by atoms with Crippen molar-refractivity contribution < 1.29 is 0 Å². The van der Waals surface area contributed by atoms with Gasteiger partial charge in [0.15, 0.2) is 0 Å². The van der Waals surface area contributed by atoms with Crippen LogP contribution in [-0.2, 0) is 13.6 Å². The second-order valence-corrected chi connectivity index (χ2v) is 3.82. The van der Waals surface area contributed by atoms with E-state index < -0.39 is 0 Å². The van der Waals surface area contributed by atoms with Crippen LogP contribution in [-0.4, -0.2) is 14.8 Å². The smallest absolute Gasteiger partial charge is 0.140 e. The maximum atomic E-state index is 8.75. The third-order valence-corrected chi connectivity index (χ3v) is 2.44. The second-order valence-electron chi connectivity index (χ2n) is 3.82. The number of aromatic nitrogens is 3. The van der Waals surface area contributed by atoms with Crippen LogP contribution in [0.5, 0.6) is 0 Å². The number of aryl methyl sites for hydroxylation is 2. The lowest BCUT2D eigenvalue weighted by atomic mass is 10.2. The van der Waals surface area contributed by atoms with Gasteiger partial charge in [-0.3, -0.25) is 4.68 Å². The van der Waals surface area contributed by atoms with Crippen LogP contribution in [0, 0.1) is 18.3 Å². The van der Waals surface area contributed by atoms with E-state index in [9.17, 15) is 0 Å². The average molecular weight is 227 g/mol. The molecular weight excluding hydrogens is 214 g/mol. The van der Waals surface area contributed by atoms with E-state index in [2.05, 4.69) is 15.4 Å². The lowest BCUT2D eigenvalue weighted by Crippen LogP contribution is -2.00. The molecule has 0 aliphatic carbocycles. The quantitative estimate of drug-likeness (QED) is 0.865. The normalized spacial score (nSPS) is 9.94. The third kappa shape index (κ3) is 2.61. The maximum Gasteiger partial charge on any atom is 0.140 e. The Kier molecular flexibility index (Phi) is 3.06. The first kappa shape index (κ1) is 11.1. The first-order valence-corrected chi connectivity index (χ1v) is 5.28. The molecule has 0 amide bonds. The molecule has 0 aliphatic rings. The minimum atomic E-state index is 0.437. The molecule has 0 saturated heterocycles. The predicted octanol–water partition coefficient (Wildman–Crippen LogP) is 1.61. The Bertz CT molecular complexity index is 565. The zero-order valence-electron chi connectivity index (χ0n) is 9.81. The lowest BCUT2D eigenvalue weighted by Gasteiger charge is -2.04. The van der Waals surface area contributed by atoms with Crippen LogP contribution in [0.1, 0.15) is 17.0 Å². The molecule has 0 aromatic carbocycles. The number of anilines is 1. The van der Waals surface area contributed by atoms with E-state index in [1.165, 1.54) is 0 Å². The first-order valence-electron chi connectivity index (χ1n) is 5.28. The zero-order chi connectivity index (χ0) is 12.3. The Hall–Kier alpha value is -2.35. The van der Waals surface area contributed by atoms with Gasteiger partial charge in [-0.15, -0.1) is 0 Å². The second kappa shape index (κ2) is 4.66. The van der Waals surface area contributed by atoms with Crippen LogP contribution in [0.15, 0.2) is 24.5 Å². The van der Waals surface area contributed by atoms with Gasteiger partial charge in [-0.25, -0.2) is 4.98 Å². The number of nitriles is 1. The van der Waals surface area contributed by atoms with Gasteiger partial charge in [0.25, 0.3) is 0 Å². The predicted molar refractivity (Wildman–Crippen MR) is 64.2 cm³/mol. The van der Waals surface area contributed by atoms with Gasteiger partial charge in [-0.1, -0.05) is 0 Å². The van der Waals surface area contributed by atoms with Crippen LogP contribution in [0.3, 0.4) is 0 Å². The monoisotopic (exact) mass is 227 g/mol. The van der Waals surface area contributed by atoms with Crippen LogP contribution in [0.4, 0.5) is 5.69 Å². The third-order valence-electron chi connectivity index (χ3n) is 2.44. The highest BCUT2D eigenvalue weighted by Crippen LogP contribution is 2.13. The van der Waals surface area contributed by atoms with Crippen molar-refractivity contribution in [2.45, 2.75) is 13.5 Å². The van der Waals surface area contributed by atoms with Gasteiger partial charge in [-0.2, -0.15) is 10.4 Å². The van der Waals surface area contributed by atoms with Crippen molar-refractivity contribution in [2.24, 2.45) is 7.05 Å². The van der Waals surface area contributed by atoms with E-state index in [0.29, 0.717) is 12.2 Å². The van der Waals surface area contributed by atoms with Gasteiger partial charge in [0, 0.05) is 26.0 Å². The molecule has 17 heavy (non-hydrogen) atoms. The molecule has 1 N–H and O–H groups in total. The Morgan fingerprint density at radius 3 is 3.00 bits per heavy atom. The van der Waals surface area contributed by atoms with E-state index >= 15 is 0 Å². The molecule has 2 aromatic rings. The summed E-state index contributed by atoms with van der Waals surface area (Å²) in [6.07, 6.45) is 3.58. The number of nitrogens with zero attached hydrogens (tertiary/aromatic N) is 4. The van der Waals surface area contributed by atoms with E-state index in [1.54, 1.807) is 16.9 Å². The number of rotatable bonds is 3. The minimum absolute atomic E-state index is 0.437. The van der Waals surface area contributed by atoms with Crippen LogP contribution in [0.2, 0.25) is 0 Å². The SMILES string of the molecule is Cc1nn(C)cc1NCc1ccnc(C#N)c1. The molecule has 2 heterocycles. The lowest BCUT2D eigenvalue weighted by molar-refractivity contribution is 0.756. The largest absolute Gasteiger partial charge is 0.378 e. The molecule has 86 valence electrons. The Balaban J connectivity index is 2.07. The molecule has 5 heteroatoms. The van der Waals surface area contributed by atoms with Crippen molar-refractivity contribution in [3.63, 3.8) is 0 Å². The van der Waals surface area contributed by atoms with E-state index in [0.717, 1.165) is 16.9 Å². The summed E-state index contributed by atoms with van der Waals surface area (Å²) < 4.78 is 1.77. The van der Waals surface area contributed by atoms with Crippen LogP contribution >= 0.6 is 0 Å². The fraction of sp³-hybridized carbons (Fsp3) is 0.250. The van der Waals surface area contributed by atoms with Crippen molar-refractivity contribution in [3.8, 4) is 6.07 Å². The number of pyridine rings is 1. The highest BCUT2D eigenvalue weighted by atomic mass is 15.3. The topological polar surface area (TPSA) is 66.5 Å². The average Bonchev–Trinajstić information content (AvgIpc) is 2.65. The molecular formula is C12H13N5. The molecule has 0 aliphatic heterocycles. The van der Waals surface area contributed by atoms with Gasteiger partial charge >= 0.3 is 0 Å². The van der Waals surface area contributed by atoms with Gasteiger partial charge in [0.05, 0.1) is 11.4 Å². The highest BCUT2D eigenvalue weighted by molar-refractivity contribution is 5.46. The van der Waals surface area contributed by atoms with Crippen molar-refractivity contribution >= 4 is 5.69 Å². The summed E-state index contributed by atoms with van der Waals surface area (Å²) >= 11 is 0. The van der Waals surface area contributed by atoms with Crippen molar-refractivity contribution in [3.05, 3.63) is 41.5 Å². The Morgan fingerprint density at radius 1 is 1.53 bits per heavy atom. The molecule has 0 radical (unpaired) electrons. The summed E-state index contributed by atoms with van der Waals surface area (Å²) in [5.41, 5.74) is 3.43. The van der Waals surface area contributed by atoms with Crippen molar-refractivity contribution in [1.29, 1.82) is 5.26 Å². The van der Waals surface area contributed by atoms with Gasteiger partial charge < -0.3 is 5.32 Å². The first-order chi connectivity index (χ1) is 8.19. The minimum Gasteiger partial charge on any atom is -0.378 e. The molecule has 0 unspecified atom stereocenters. The number of nitrogens with one attached hydrogen (secondary N) is 1. The Labute approximate surface area is 99.7 Å². The van der Waals surface area contributed by atoms with Gasteiger partial charge in [0.1, 0.15) is 11.8 Å². The molecule has 0 fully saturated rings. The summed E-state index contributed by atoms with van der Waals surface area (Å²) in [4.78, 5) is 3.93. The number of hydrogen-bond acceptors (Lipinski definition) is 4. The summed E-state index contributed by atoms with van der Waals surface area (Å²) in [6, 6.07) is 5.69. The van der Waals surface area contributed by atoms with Gasteiger partial charge in [0.2, 0.25) is 0 Å². The standard InChI is InChI=1S/C12H13N5/c1-9-12(8-17(2)16-9)15-7-10-3-4-14-11(5-10)6-13/h3-5,8,15H,7H2,1-2H3. The molecule has 5 nitrogen and oxygen atoms in total. The molecule has 2 aromatic heterocycles. The zero-order valence-corrected chi connectivity index (χ0v) is 9.81.